The second kappa shape index (κ2) is 5.66. The van der Waals surface area contributed by atoms with Crippen molar-refractivity contribution in [2.75, 3.05) is 5.32 Å². The van der Waals surface area contributed by atoms with Crippen molar-refractivity contribution in [3.05, 3.63) is 60.2 Å². The number of anilines is 1. The zero-order chi connectivity index (χ0) is 16.8. The summed E-state index contributed by atoms with van der Waals surface area (Å²) in [5, 5.41) is 4.76. The molecule has 1 atom stereocenters. The number of furan rings is 1. The van der Waals surface area contributed by atoms with Crippen LogP contribution in [0.4, 0.5) is 5.69 Å². The van der Waals surface area contributed by atoms with E-state index in [1.54, 1.807) is 0 Å². The summed E-state index contributed by atoms with van der Waals surface area (Å²) in [7, 11) is 0. The normalized spacial score (nSPS) is 15.7. The predicted molar refractivity (Wildman–Crippen MR) is 99.0 cm³/mol. The van der Waals surface area contributed by atoms with Gasteiger partial charge in [0, 0.05) is 28.6 Å². The molecule has 0 bridgehead atoms. The molecule has 0 radical (unpaired) electrons. The van der Waals surface area contributed by atoms with Crippen LogP contribution >= 0.6 is 0 Å². The third-order valence-corrected chi connectivity index (χ3v) is 4.83. The van der Waals surface area contributed by atoms with Crippen molar-refractivity contribution >= 4 is 27.8 Å². The minimum absolute atomic E-state index is 0.285. The van der Waals surface area contributed by atoms with E-state index in [0.29, 0.717) is 5.92 Å². The van der Waals surface area contributed by atoms with Crippen molar-refractivity contribution < 1.29 is 8.83 Å². The van der Waals surface area contributed by atoms with Gasteiger partial charge in [-0.25, -0.2) is 4.98 Å². The molecule has 1 saturated carbocycles. The Morgan fingerprint density at radius 2 is 2.04 bits per heavy atom. The minimum atomic E-state index is 0.285. The molecule has 2 aromatic heterocycles. The number of hydrogen-bond acceptors (Lipinski definition) is 4. The average Bonchev–Trinajstić information content (AvgIpc) is 3.27. The van der Waals surface area contributed by atoms with Gasteiger partial charge in [0.05, 0.1) is 6.26 Å². The summed E-state index contributed by atoms with van der Waals surface area (Å²) in [5.41, 5.74) is 5.06. The van der Waals surface area contributed by atoms with Gasteiger partial charge in [0.15, 0.2) is 11.5 Å². The highest BCUT2D eigenvalue weighted by Crippen LogP contribution is 2.40. The fourth-order valence-corrected chi connectivity index (χ4v) is 3.40. The number of aromatic nitrogens is 1. The number of nitrogens with one attached hydrogen (secondary N) is 1. The highest BCUT2D eigenvalue weighted by atomic mass is 16.3. The lowest BCUT2D eigenvalue weighted by molar-refractivity contribution is 0.533. The molecule has 1 fully saturated rings. The zero-order valence-corrected chi connectivity index (χ0v) is 14.2. The van der Waals surface area contributed by atoms with Gasteiger partial charge in [-0.15, -0.1) is 0 Å². The van der Waals surface area contributed by atoms with Crippen molar-refractivity contribution in [3.8, 4) is 0 Å². The van der Waals surface area contributed by atoms with Gasteiger partial charge in [-0.2, -0.15) is 0 Å². The largest absolute Gasteiger partial charge is 0.464 e. The van der Waals surface area contributed by atoms with Crippen molar-refractivity contribution in [1.29, 1.82) is 0 Å². The van der Waals surface area contributed by atoms with Crippen LogP contribution in [-0.2, 0) is 6.42 Å². The monoisotopic (exact) mass is 332 g/mol. The maximum Gasteiger partial charge on any atom is 0.198 e. The topological polar surface area (TPSA) is 51.2 Å². The predicted octanol–water partition coefficient (Wildman–Crippen LogP) is 5.49. The molecule has 4 aromatic rings. The Hall–Kier alpha value is -2.75. The molecule has 5 rings (SSSR count). The first-order valence-electron chi connectivity index (χ1n) is 8.88. The first-order valence-corrected chi connectivity index (χ1v) is 8.88. The summed E-state index contributed by atoms with van der Waals surface area (Å²) in [6, 6.07) is 14.6. The van der Waals surface area contributed by atoms with Crippen molar-refractivity contribution in [3.63, 3.8) is 0 Å². The summed E-state index contributed by atoms with van der Waals surface area (Å²) in [6.45, 7) is 2.18. The molecule has 0 aliphatic heterocycles. The van der Waals surface area contributed by atoms with Gasteiger partial charge in [-0.1, -0.05) is 18.2 Å². The standard InChI is InChI=1S/C21H20N2O2/c1-13(10-15-12-24-19-5-3-2-4-17(15)19)22-16-8-9-20-18(11-16)23-21(25-20)14-6-7-14/h2-5,8-9,11-14,22H,6-7,10H2,1H3. The molecular weight excluding hydrogens is 312 g/mol. The van der Waals surface area contributed by atoms with Gasteiger partial charge in [-0.3, -0.25) is 0 Å². The lowest BCUT2D eigenvalue weighted by Gasteiger charge is -2.14. The molecule has 4 nitrogen and oxygen atoms in total. The van der Waals surface area contributed by atoms with E-state index in [-0.39, 0.29) is 6.04 Å². The molecule has 2 aromatic carbocycles. The highest BCUT2D eigenvalue weighted by Gasteiger charge is 2.28. The van der Waals surface area contributed by atoms with Gasteiger partial charge in [0.1, 0.15) is 11.1 Å². The Bertz CT molecular complexity index is 1040. The van der Waals surface area contributed by atoms with Crippen LogP contribution in [0.2, 0.25) is 0 Å². The number of rotatable bonds is 5. The van der Waals surface area contributed by atoms with Crippen LogP contribution in [0.1, 0.15) is 37.1 Å². The van der Waals surface area contributed by atoms with Gasteiger partial charge < -0.3 is 14.2 Å². The first-order chi connectivity index (χ1) is 12.3. The van der Waals surface area contributed by atoms with Crippen LogP contribution in [0.25, 0.3) is 22.1 Å². The third kappa shape index (κ3) is 2.78. The third-order valence-electron chi connectivity index (χ3n) is 4.83. The molecule has 0 amide bonds. The Morgan fingerprint density at radius 1 is 1.16 bits per heavy atom. The Balaban J connectivity index is 1.34. The van der Waals surface area contributed by atoms with E-state index in [1.807, 2.05) is 24.5 Å². The van der Waals surface area contributed by atoms with Gasteiger partial charge in [-0.05, 0) is 50.5 Å². The number of benzene rings is 2. The van der Waals surface area contributed by atoms with Crippen LogP contribution in [0.3, 0.4) is 0 Å². The lowest BCUT2D eigenvalue weighted by atomic mass is 10.1. The zero-order valence-electron chi connectivity index (χ0n) is 14.2. The van der Waals surface area contributed by atoms with E-state index in [4.69, 9.17) is 8.83 Å². The molecule has 1 aliphatic rings. The quantitative estimate of drug-likeness (QED) is 0.525. The smallest absolute Gasteiger partial charge is 0.198 e. The van der Waals surface area contributed by atoms with Crippen molar-refractivity contribution in [2.24, 2.45) is 0 Å². The van der Waals surface area contributed by atoms with E-state index in [0.717, 1.165) is 34.7 Å². The first kappa shape index (κ1) is 14.6. The number of hydrogen-bond donors (Lipinski definition) is 1. The number of fused-ring (bicyclic) bond motifs is 2. The molecule has 25 heavy (non-hydrogen) atoms. The summed E-state index contributed by atoms with van der Waals surface area (Å²) >= 11 is 0. The maximum atomic E-state index is 5.83. The van der Waals surface area contributed by atoms with Crippen LogP contribution in [-0.4, -0.2) is 11.0 Å². The highest BCUT2D eigenvalue weighted by molar-refractivity contribution is 5.81. The molecule has 1 unspecified atom stereocenters. The molecular formula is C21H20N2O2. The van der Waals surface area contributed by atoms with Gasteiger partial charge >= 0.3 is 0 Å². The SMILES string of the molecule is CC(Cc1coc2ccccc12)Nc1ccc2oc(C3CC3)nc2c1. The fraction of sp³-hybridized carbons (Fsp3) is 0.286. The van der Waals surface area contributed by atoms with E-state index in [9.17, 15) is 0 Å². The minimum Gasteiger partial charge on any atom is -0.464 e. The fourth-order valence-electron chi connectivity index (χ4n) is 3.40. The molecule has 4 heteroatoms. The van der Waals surface area contributed by atoms with E-state index < -0.39 is 0 Å². The number of nitrogens with zero attached hydrogens (tertiary/aromatic N) is 1. The number of para-hydroxylation sites is 1. The summed E-state index contributed by atoms with van der Waals surface area (Å²) in [4.78, 5) is 4.64. The molecule has 2 heterocycles. The van der Waals surface area contributed by atoms with Crippen LogP contribution in [0.15, 0.2) is 57.6 Å². The Labute approximate surface area is 145 Å². The van der Waals surface area contributed by atoms with E-state index in [2.05, 4.69) is 41.5 Å². The molecule has 1 N–H and O–H groups in total. The van der Waals surface area contributed by atoms with Crippen LogP contribution in [0.5, 0.6) is 0 Å². The summed E-state index contributed by atoms with van der Waals surface area (Å²) in [6.07, 6.45) is 5.17. The molecule has 0 spiro atoms. The van der Waals surface area contributed by atoms with Gasteiger partial charge in [0.25, 0.3) is 0 Å². The summed E-state index contributed by atoms with van der Waals surface area (Å²) < 4.78 is 11.5. The van der Waals surface area contributed by atoms with Gasteiger partial charge in [0.2, 0.25) is 0 Å². The second-order valence-electron chi connectivity index (χ2n) is 7.02. The Kier molecular flexibility index (Phi) is 3.30. The molecule has 126 valence electrons. The molecule has 1 aliphatic carbocycles. The van der Waals surface area contributed by atoms with Crippen molar-refractivity contribution in [1.82, 2.24) is 4.98 Å². The maximum absolute atomic E-state index is 5.83. The Morgan fingerprint density at radius 3 is 2.92 bits per heavy atom. The van der Waals surface area contributed by atoms with E-state index in [1.165, 1.54) is 23.8 Å². The number of oxazole rings is 1. The van der Waals surface area contributed by atoms with Crippen LogP contribution in [0, 0.1) is 0 Å². The van der Waals surface area contributed by atoms with Crippen LogP contribution < -0.4 is 5.32 Å². The second-order valence-corrected chi connectivity index (χ2v) is 7.02. The van der Waals surface area contributed by atoms with Crippen molar-refractivity contribution in [2.45, 2.75) is 38.1 Å². The average molecular weight is 332 g/mol. The lowest BCUT2D eigenvalue weighted by Crippen LogP contribution is -2.17. The van der Waals surface area contributed by atoms with E-state index >= 15 is 0 Å². The molecule has 0 saturated heterocycles. The summed E-state index contributed by atoms with van der Waals surface area (Å²) in [5.74, 6) is 1.43.